The highest BCUT2D eigenvalue weighted by atomic mass is 35.5. The second-order valence-electron chi connectivity index (χ2n) is 9.91. The Kier molecular flexibility index (Phi) is 10.8. The molecular weight excluding hydrogens is 589 g/mol. The number of rotatable bonds is 11. The number of carbonyl (C=O) groups is 1. The molecule has 0 saturated heterocycles. The first-order chi connectivity index (χ1) is 21.1. The van der Waals surface area contributed by atoms with Crippen LogP contribution in [0.5, 0.6) is 5.75 Å². The third-order valence-corrected chi connectivity index (χ3v) is 7.04. The zero-order valence-corrected chi connectivity index (χ0v) is 25.3. The number of alkyl halides is 3. The molecule has 0 aliphatic rings. The van der Waals surface area contributed by atoms with Gasteiger partial charge in [-0.25, -0.2) is 9.78 Å². The predicted molar refractivity (Wildman–Crippen MR) is 167 cm³/mol. The molecule has 0 N–H and O–H groups in total. The summed E-state index contributed by atoms with van der Waals surface area (Å²) in [5, 5.41) is 0.611. The fraction of sp³-hybridized carbons (Fsp3) is 0.200. The van der Waals surface area contributed by atoms with E-state index in [4.69, 9.17) is 21.3 Å². The van der Waals surface area contributed by atoms with Gasteiger partial charge in [-0.1, -0.05) is 79.2 Å². The van der Waals surface area contributed by atoms with Crippen LogP contribution in [-0.2, 0) is 17.7 Å². The van der Waals surface area contributed by atoms with Crippen molar-refractivity contribution in [3.8, 4) is 16.9 Å². The molecule has 4 aromatic rings. The number of methoxy groups -OCH3 is 1. The summed E-state index contributed by atoms with van der Waals surface area (Å²) in [6.45, 7) is 4.49. The Balaban J connectivity index is 1.63. The highest BCUT2D eigenvalue weighted by Crippen LogP contribution is 2.29. The number of hydrogen-bond acceptors (Lipinski definition) is 4. The van der Waals surface area contributed by atoms with Gasteiger partial charge in [-0.2, -0.15) is 0 Å². The van der Waals surface area contributed by atoms with Gasteiger partial charge in [-0.3, -0.25) is 0 Å². The van der Waals surface area contributed by atoms with Gasteiger partial charge in [-0.15, -0.1) is 13.2 Å². The molecule has 9 heteroatoms. The maximum Gasteiger partial charge on any atom is 0.573 e. The fourth-order valence-corrected chi connectivity index (χ4v) is 4.79. The van der Waals surface area contributed by atoms with E-state index in [1.807, 2.05) is 73.8 Å². The molecule has 0 bridgehead atoms. The topological polar surface area (TPSA) is 53.4 Å². The van der Waals surface area contributed by atoms with Gasteiger partial charge in [0.25, 0.3) is 0 Å². The Morgan fingerprint density at radius 3 is 2.32 bits per heavy atom. The minimum Gasteiger partial charge on any atom is -0.465 e. The summed E-state index contributed by atoms with van der Waals surface area (Å²) >= 11 is 6.27. The molecule has 228 valence electrons. The highest BCUT2D eigenvalue weighted by Gasteiger charge is 2.31. The Morgan fingerprint density at radius 2 is 1.68 bits per heavy atom. The van der Waals surface area contributed by atoms with E-state index in [0.717, 1.165) is 40.2 Å². The molecule has 0 radical (unpaired) electrons. The summed E-state index contributed by atoms with van der Waals surface area (Å²) < 4.78 is 49.0. The zero-order chi connectivity index (χ0) is 31.7. The van der Waals surface area contributed by atoms with E-state index in [1.54, 1.807) is 18.2 Å². The van der Waals surface area contributed by atoms with E-state index in [0.29, 0.717) is 29.1 Å². The molecule has 0 saturated carbocycles. The first-order valence-electron chi connectivity index (χ1n) is 14.0. The van der Waals surface area contributed by atoms with Crippen LogP contribution in [0.4, 0.5) is 13.2 Å². The van der Waals surface area contributed by atoms with Crippen molar-refractivity contribution in [1.82, 2.24) is 9.55 Å². The lowest BCUT2D eigenvalue weighted by Gasteiger charge is -2.11. The van der Waals surface area contributed by atoms with Gasteiger partial charge in [0.15, 0.2) is 0 Å². The molecule has 0 aliphatic heterocycles. The molecule has 1 heterocycles. The number of ether oxygens (including phenoxy) is 2. The summed E-state index contributed by atoms with van der Waals surface area (Å²) in [4.78, 5) is 16.9. The number of nitrogens with zero attached hydrogens (tertiary/aromatic N) is 2. The van der Waals surface area contributed by atoms with E-state index in [2.05, 4.69) is 16.2 Å². The van der Waals surface area contributed by atoms with Gasteiger partial charge < -0.3 is 14.0 Å². The first kappa shape index (κ1) is 32.4. The average Bonchev–Trinajstić information content (AvgIpc) is 3.38. The lowest BCUT2D eigenvalue weighted by molar-refractivity contribution is -0.274. The van der Waals surface area contributed by atoms with Gasteiger partial charge >= 0.3 is 12.3 Å². The summed E-state index contributed by atoms with van der Waals surface area (Å²) in [6, 6.07) is 20.7. The third kappa shape index (κ3) is 8.97. The summed E-state index contributed by atoms with van der Waals surface area (Å²) in [5.74, 6) is 0.163. The second kappa shape index (κ2) is 14.8. The lowest BCUT2D eigenvalue weighted by atomic mass is 10.0. The SMILES string of the molecule is C/C=C/C(Cl)=C\C=C(/CC)c1cn(Cc2ccc(C(=O)OC)cc2)c(Cc2ccc(-c3cccc(OC(F)(F)F)c3)cc2)n1. The maximum atomic E-state index is 12.7. The van der Waals surface area contributed by atoms with Crippen molar-refractivity contribution in [2.45, 2.75) is 39.6 Å². The van der Waals surface area contributed by atoms with Crippen molar-refractivity contribution in [2.24, 2.45) is 0 Å². The smallest absolute Gasteiger partial charge is 0.465 e. The van der Waals surface area contributed by atoms with Crippen molar-refractivity contribution < 1.29 is 27.4 Å². The summed E-state index contributed by atoms with van der Waals surface area (Å²) in [5.41, 5.74) is 5.65. The van der Waals surface area contributed by atoms with Crippen LogP contribution in [0.1, 0.15) is 53.3 Å². The molecule has 0 amide bonds. The molecule has 5 nitrogen and oxygen atoms in total. The fourth-order valence-electron chi connectivity index (χ4n) is 4.60. The molecule has 0 aliphatic carbocycles. The Bertz CT molecular complexity index is 1670. The van der Waals surface area contributed by atoms with Crippen molar-refractivity contribution in [1.29, 1.82) is 0 Å². The summed E-state index contributed by atoms with van der Waals surface area (Å²) in [7, 11) is 1.35. The Morgan fingerprint density at radius 1 is 0.977 bits per heavy atom. The van der Waals surface area contributed by atoms with Gasteiger partial charge in [0.1, 0.15) is 11.6 Å². The number of halogens is 4. The van der Waals surface area contributed by atoms with Crippen LogP contribution in [0.15, 0.2) is 108 Å². The molecule has 44 heavy (non-hydrogen) atoms. The third-order valence-electron chi connectivity index (χ3n) is 6.78. The van der Waals surface area contributed by atoms with E-state index in [-0.39, 0.29) is 5.75 Å². The minimum absolute atomic E-state index is 0.269. The van der Waals surface area contributed by atoms with Crippen LogP contribution >= 0.6 is 11.6 Å². The largest absolute Gasteiger partial charge is 0.573 e. The van der Waals surface area contributed by atoms with Crippen LogP contribution in [-0.4, -0.2) is 29.0 Å². The average molecular weight is 621 g/mol. The number of esters is 1. The Hall–Kier alpha value is -4.56. The van der Waals surface area contributed by atoms with E-state index >= 15 is 0 Å². The number of hydrogen-bond donors (Lipinski definition) is 0. The van der Waals surface area contributed by atoms with Gasteiger partial charge in [0, 0.05) is 24.2 Å². The van der Waals surface area contributed by atoms with Crippen LogP contribution in [0, 0.1) is 0 Å². The summed E-state index contributed by atoms with van der Waals surface area (Å²) in [6.07, 6.45) is 6.01. The normalized spacial score (nSPS) is 12.5. The van der Waals surface area contributed by atoms with Gasteiger partial charge in [-0.05, 0) is 77.6 Å². The van der Waals surface area contributed by atoms with Gasteiger partial charge in [0.05, 0.1) is 18.4 Å². The van der Waals surface area contributed by atoms with Crippen LogP contribution in [0.2, 0.25) is 0 Å². The van der Waals surface area contributed by atoms with E-state index in [1.165, 1.54) is 25.3 Å². The van der Waals surface area contributed by atoms with Crippen molar-refractivity contribution >= 4 is 23.1 Å². The highest BCUT2D eigenvalue weighted by molar-refractivity contribution is 6.31. The maximum absolute atomic E-state index is 12.7. The van der Waals surface area contributed by atoms with Crippen LogP contribution in [0.3, 0.4) is 0 Å². The van der Waals surface area contributed by atoms with Gasteiger partial charge in [0.2, 0.25) is 0 Å². The number of allylic oxidation sites excluding steroid dienone is 6. The number of carbonyl (C=O) groups excluding carboxylic acids is 1. The van der Waals surface area contributed by atoms with Crippen molar-refractivity contribution in [3.05, 3.63) is 137 Å². The molecule has 0 fully saturated rings. The predicted octanol–water partition coefficient (Wildman–Crippen LogP) is 9.37. The second-order valence-corrected chi connectivity index (χ2v) is 10.3. The molecule has 0 unspecified atom stereocenters. The molecule has 0 atom stereocenters. The first-order valence-corrected chi connectivity index (χ1v) is 14.3. The molecule has 0 spiro atoms. The molecule has 3 aromatic carbocycles. The standard InChI is InChI=1S/C35H32ClF3N2O3/c1-4-7-30(36)19-18-26(5-2)32-23-41(22-25-12-16-28(17-13-25)34(42)43-3)33(40-32)20-24-10-14-27(15-11-24)29-8-6-9-31(21-29)44-35(37,38)39/h4,6-19,21,23H,5,20,22H2,1-3H3/b7-4+,26-18+,30-19+. The quantitative estimate of drug-likeness (QED) is 0.124. The van der Waals surface area contributed by atoms with Crippen molar-refractivity contribution in [3.63, 3.8) is 0 Å². The molecule has 4 rings (SSSR count). The van der Waals surface area contributed by atoms with Crippen molar-refractivity contribution in [2.75, 3.05) is 7.11 Å². The number of benzene rings is 3. The zero-order valence-electron chi connectivity index (χ0n) is 24.6. The van der Waals surface area contributed by atoms with E-state index in [9.17, 15) is 18.0 Å². The monoisotopic (exact) mass is 620 g/mol. The molecular formula is C35H32ClF3N2O3. The number of aromatic nitrogens is 2. The van der Waals surface area contributed by atoms with Crippen LogP contribution < -0.4 is 4.74 Å². The minimum atomic E-state index is -4.76. The Labute approximate surface area is 259 Å². The van der Waals surface area contributed by atoms with E-state index < -0.39 is 12.3 Å². The molecule has 1 aromatic heterocycles. The lowest BCUT2D eigenvalue weighted by Crippen LogP contribution is -2.17. The number of imidazole rings is 1. The van der Waals surface area contributed by atoms with Crippen LogP contribution in [0.25, 0.3) is 16.7 Å².